The van der Waals surface area contributed by atoms with Crippen LogP contribution in [0.2, 0.25) is 0 Å². The quantitative estimate of drug-likeness (QED) is 0.401. The Morgan fingerprint density at radius 1 is 1.20 bits per heavy atom. The van der Waals surface area contributed by atoms with E-state index in [0.29, 0.717) is 0 Å². The Labute approximate surface area is 64.0 Å². The summed E-state index contributed by atoms with van der Waals surface area (Å²) in [6.07, 6.45) is 4.92. The maximum Gasteiger partial charge on any atom is 0.0309 e. The van der Waals surface area contributed by atoms with Crippen molar-refractivity contribution in [2.45, 2.75) is 33.1 Å². The SMILES string of the molecule is CC#CCCCC#C[CH]C. The first kappa shape index (κ1) is 9.12. The summed E-state index contributed by atoms with van der Waals surface area (Å²) in [6.45, 7) is 3.81. The summed E-state index contributed by atoms with van der Waals surface area (Å²) in [5.74, 6) is 11.8. The van der Waals surface area contributed by atoms with E-state index in [4.69, 9.17) is 0 Å². The first-order valence-corrected chi connectivity index (χ1v) is 3.57. The van der Waals surface area contributed by atoms with Gasteiger partial charge in [0.15, 0.2) is 0 Å². The highest BCUT2D eigenvalue weighted by Crippen LogP contribution is 1.90. The van der Waals surface area contributed by atoms with E-state index >= 15 is 0 Å². The van der Waals surface area contributed by atoms with Crippen molar-refractivity contribution < 1.29 is 0 Å². The minimum Gasteiger partial charge on any atom is -0.107 e. The molecule has 0 unspecified atom stereocenters. The second-order valence-electron chi connectivity index (χ2n) is 1.89. The summed E-state index contributed by atoms with van der Waals surface area (Å²) >= 11 is 0. The first-order valence-electron chi connectivity index (χ1n) is 3.57. The van der Waals surface area contributed by atoms with Gasteiger partial charge in [-0.3, -0.25) is 0 Å². The van der Waals surface area contributed by atoms with Crippen LogP contribution in [0.4, 0.5) is 0 Å². The van der Waals surface area contributed by atoms with Gasteiger partial charge >= 0.3 is 0 Å². The van der Waals surface area contributed by atoms with E-state index in [1.807, 2.05) is 20.3 Å². The van der Waals surface area contributed by atoms with Crippen LogP contribution in [0.3, 0.4) is 0 Å². The lowest BCUT2D eigenvalue weighted by molar-refractivity contribution is 0.903. The van der Waals surface area contributed by atoms with E-state index in [1.165, 1.54) is 0 Å². The maximum absolute atomic E-state index is 3.02. The molecule has 0 saturated heterocycles. The Balaban J connectivity index is 3.10. The molecule has 0 amide bonds. The van der Waals surface area contributed by atoms with Crippen molar-refractivity contribution in [3.05, 3.63) is 6.42 Å². The Morgan fingerprint density at radius 3 is 2.50 bits per heavy atom. The smallest absolute Gasteiger partial charge is 0.0309 e. The summed E-state index contributed by atoms with van der Waals surface area (Å²) in [4.78, 5) is 0. The third-order valence-electron chi connectivity index (χ3n) is 1.03. The van der Waals surface area contributed by atoms with Gasteiger partial charge in [-0.2, -0.15) is 0 Å². The molecule has 0 aliphatic heterocycles. The number of unbranched alkanes of at least 4 members (excludes halogenated alkanes) is 2. The topological polar surface area (TPSA) is 0 Å². The molecule has 0 atom stereocenters. The molecule has 0 bridgehead atoms. The van der Waals surface area contributed by atoms with Crippen LogP contribution in [-0.2, 0) is 0 Å². The minimum absolute atomic E-state index is 0.971. The number of hydrogen-bond acceptors (Lipinski definition) is 0. The Bertz CT molecular complexity index is 168. The molecular formula is C10H13. The van der Waals surface area contributed by atoms with Gasteiger partial charge in [0.1, 0.15) is 0 Å². The van der Waals surface area contributed by atoms with Crippen LogP contribution in [0, 0.1) is 30.1 Å². The molecular weight excluding hydrogens is 120 g/mol. The highest BCUT2D eigenvalue weighted by atomic mass is 13.8. The van der Waals surface area contributed by atoms with Crippen LogP contribution in [0.5, 0.6) is 0 Å². The van der Waals surface area contributed by atoms with Gasteiger partial charge in [-0.25, -0.2) is 0 Å². The van der Waals surface area contributed by atoms with Crippen LogP contribution >= 0.6 is 0 Å². The van der Waals surface area contributed by atoms with Gasteiger partial charge in [0.25, 0.3) is 0 Å². The zero-order chi connectivity index (χ0) is 7.66. The van der Waals surface area contributed by atoms with Gasteiger partial charge in [0.2, 0.25) is 0 Å². The number of hydrogen-bond donors (Lipinski definition) is 0. The highest BCUT2D eigenvalue weighted by Gasteiger charge is 1.77. The molecule has 10 heavy (non-hydrogen) atoms. The molecule has 0 spiro atoms. The van der Waals surface area contributed by atoms with Crippen molar-refractivity contribution in [3.8, 4) is 23.7 Å². The molecule has 0 nitrogen and oxygen atoms in total. The zero-order valence-corrected chi connectivity index (χ0v) is 6.70. The standard InChI is InChI=1S/C10H13/c1-3-5-7-9-10-8-6-4-2/h3H,8-10H2,1-2H3. The van der Waals surface area contributed by atoms with Crippen LogP contribution in [0.1, 0.15) is 33.1 Å². The first-order chi connectivity index (χ1) is 4.91. The molecule has 0 heteroatoms. The Hall–Kier alpha value is -0.880. The van der Waals surface area contributed by atoms with Gasteiger partial charge in [-0.15, -0.1) is 17.8 Å². The molecule has 0 N–H and O–H groups in total. The van der Waals surface area contributed by atoms with Gasteiger partial charge in [-0.05, 0) is 13.3 Å². The monoisotopic (exact) mass is 133 g/mol. The molecule has 0 aromatic carbocycles. The third kappa shape index (κ3) is 7.12. The molecule has 53 valence electrons. The fraction of sp³-hybridized carbons (Fsp3) is 0.500. The summed E-state index contributed by atoms with van der Waals surface area (Å²) < 4.78 is 0. The van der Waals surface area contributed by atoms with Crippen molar-refractivity contribution in [1.29, 1.82) is 0 Å². The molecule has 0 aromatic heterocycles. The molecule has 0 aromatic rings. The van der Waals surface area contributed by atoms with Crippen molar-refractivity contribution in [2.75, 3.05) is 0 Å². The van der Waals surface area contributed by atoms with Crippen LogP contribution in [0.25, 0.3) is 0 Å². The molecule has 0 fully saturated rings. The maximum atomic E-state index is 3.02. The largest absolute Gasteiger partial charge is 0.107 e. The van der Waals surface area contributed by atoms with Crippen molar-refractivity contribution >= 4 is 0 Å². The van der Waals surface area contributed by atoms with E-state index < -0.39 is 0 Å². The Morgan fingerprint density at radius 2 is 1.90 bits per heavy atom. The van der Waals surface area contributed by atoms with E-state index in [1.54, 1.807) is 0 Å². The lowest BCUT2D eigenvalue weighted by Gasteiger charge is -1.82. The van der Waals surface area contributed by atoms with Crippen LogP contribution in [0.15, 0.2) is 0 Å². The summed E-state index contributed by atoms with van der Waals surface area (Å²) in [5, 5.41) is 0. The minimum atomic E-state index is 0.971. The van der Waals surface area contributed by atoms with E-state index in [-0.39, 0.29) is 0 Å². The van der Waals surface area contributed by atoms with Crippen molar-refractivity contribution in [3.63, 3.8) is 0 Å². The lowest BCUT2D eigenvalue weighted by Crippen LogP contribution is -1.69. The van der Waals surface area contributed by atoms with Crippen LogP contribution in [-0.4, -0.2) is 0 Å². The molecule has 0 saturated carbocycles. The van der Waals surface area contributed by atoms with Crippen LogP contribution < -0.4 is 0 Å². The average molecular weight is 133 g/mol. The van der Waals surface area contributed by atoms with Crippen molar-refractivity contribution in [1.82, 2.24) is 0 Å². The number of rotatable bonds is 2. The van der Waals surface area contributed by atoms with E-state index in [0.717, 1.165) is 19.3 Å². The molecule has 0 rings (SSSR count). The zero-order valence-electron chi connectivity index (χ0n) is 6.70. The Kier molecular flexibility index (Phi) is 7.41. The second-order valence-corrected chi connectivity index (χ2v) is 1.89. The summed E-state index contributed by atoms with van der Waals surface area (Å²) in [5.41, 5.74) is 0. The van der Waals surface area contributed by atoms with Crippen molar-refractivity contribution in [2.24, 2.45) is 0 Å². The van der Waals surface area contributed by atoms with Gasteiger partial charge in [0.05, 0.1) is 0 Å². The second kappa shape index (κ2) is 8.12. The third-order valence-corrected chi connectivity index (χ3v) is 1.03. The molecule has 1 radical (unpaired) electrons. The lowest BCUT2D eigenvalue weighted by atomic mass is 10.2. The fourth-order valence-electron chi connectivity index (χ4n) is 0.564. The molecule has 0 aliphatic carbocycles. The van der Waals surface area contributed by atoms with Gasteiger partial charge in [0, 0.05) is 19.3 Å². The summed E-state index contributed by atoms with van der Waals surface area (Å²) in [7, 11) is 0. The fourth-order valence-corrected chi connectivity index (χ4v) is 0.564. The highest BCUT2D eigenvalue weighted by molar-refractivity contribution is 5.07. The predicted molar refractivity (Wildman–Crippen MR) is 45.1 cm³/mol. The summed E-state index contributed by atoms with van der Waals surface area (Å²) in [6, 6.07) is 0. The van der Waals surface area contributed by atoms with E-state index in [9.17, 15) is 0 Å². The normalized spacial score (nSPS) is 7.00. The molecule has 0 aliphatic rings. The predicted octanol–water partition coefficient (Wildman–Crippen LogP) is 2.41. The average Bonchev–Trinajstić information content (AvgIpc) is 1.97. The molecule has 0 heterocycles. The van der Waals surface area contributed by atoms with Gasteiger partial charge < -0.3 is 0 Å². The van der Waals surface area contributed by atoms with E-state index in [2.05, 4.69) is 23.7 Å². The van der Waals surface area contributed by atoms with Gasteiger partial charge in [-0.1, -0.05) is 12.8 Å².